The number of carbonyl (C=O) groups excluding carboxylic acids is 3. The van der Waals surface area contributed by atoms with Gasteiger partial charge < -0.3 is 34.7 Å². The van der Waals surface area contributed by atoms with E-state index in [2.05, 4.69) is 55.5 Å². The molecule has 0 radical (unpaired) electrons. The minimum Gasteiger partial charge on any atom is -0.453 e. The average Bonchev–Trinajstić information content (AvgIpc) is 4.10. The number of amides is 3. The van der Waals surface area contributed by atoms with Gasteiger partial charge in [0.2, 0.25) is 6.40 Å². The number of methoxy groups -OCH3 is 1. The summed E-state index contributed by atoms with van der Waals surface area (Å²) < 4.78 is 4.84. The third kappa shape index (κ3) is 8.58. The number of H-pyrrole nitrogens is 2. The van der Waals surface area contributed by atoms with E-state index in [0.29, 0.717) is 25.1 Å². The van der Waals surface area contributed by atoms with E-state index in [-0.39, 0.29) is 23.9 Å². The lowest BCUT2D eigenvalue weighted by Gasteiger charge is -2.28. The fourth-order valence-corrected chi connectivity index (χ4v) is 8.11. The molecular weight excluding hydrogens is 749 g/mol. The minimum atomic E-state index is -0.877. The maximum absolute atomic E-state index is 13.9. The number of imidazole rings is 2. The number of rotatable bonds is 13. The Bertz CT molecular complexity index is 2480. The molecule has 14 nitrogen and oxygen atoms in total. The number of likely N-dealkylation sites (tertiary alicyclic amines) is 2. The Balaban J connectivity index is 0.940. The molecule has 2 aliphatic rings. The van der Waals surface area contributed by atoms with Crippen molar-refractivity contribution in [3.8, 4) is 0 Å². The summed E-state index contributed by atoms with van der Waals surface area (Å²) in [5, 5.41) is 2.72. The summed E-state index contributed by atoms with van der Waals surface area (Å²) >= 11 is 0. The van der Waals surface area contributed by atoms with Crippen LogP contribution in [-0.4, -0.2) is 81.4 Å². The predicted octanol–water partition coefficient (Wildman–Crippen LogP) is 7.47. The molecular formula is C45H46N8O6. The molecule has 4 aromatic carbocycles. The van der Waals surface area contributed by atoms with Gasteiger partial charge in [0.15, 0.2) is 6.04 Å². The lowest BCUT2D eigenvalue weighted by atomic mass is 10.1. The molecule has 0 spiro atoms. The molecule has 0 bridgehead atoms. The van der Waals surface area contributed by atoms with Gasteiger partial charge in [-0.2, -0.15) is 4.89 Å². The van der Waals surface area contributed by atoms with Crippen LogP contribution in [0.25, 0.3) is 28.1 Å². The van der Waals surface area contributed by atoms with E-state index in [4.69, 9.17) is 19.6 Å². The van der Waals surface area contributed by atoms with Gasteiger partial charge in [-0.15, -0.1) is 0 Å². The summed E-state index contributed by atoms with van der Waals surface area (Å²) in [6.45, 7) is 1.16. The summed E-state index contributed by atoms with van der Waals surface area (Å²) in [4.78, 5) is 74.5. The number of alkyl carbamates (subject to hydrolysis) is 1. The maximum atomic E-state index is 13.9. The van der Waals surface area contributed by atoms with Crippen molar-refractivity contribution in [1.82, 2.24) is 35.1 Å². The van der Waals surface area contributed by atoms with Gasteiger partial charge in [0.05, 0.1) is 48.4 Å². The van der Waals surface area contributed by atoms with E-state index in [1.165, 1.54) is 14.2 Å². The van der Waals surface area contributed by atoms with E-state index in [0.717, 1.165) is 82.5 Å². The smallest absolute Gasteiger partial charge is 0.407 e. The largest absolute Gasteiger partial charge is 0.453 e. The van der Waals surface area contributed by atoms with Crippen molar-refractivity contribution in [2.75, 3.05) is 27.3 Å². The molecule has 4 heterocycles. The highest BCUT2D eigenvalue weighted by molar-refractivity contribution is 5.88. The number of hydrogen-bond acceptors (Lipinski definition) is 9. The Morgan fingerprint density at radius 2 is 1.46 bits per heavy atom. The number of allylic oxidation sites excluding steroid dienone is 1. The summed E-state index contributed by atoms with van der Waals surface area (Å²) in [5.41, 5.74) is 7.02. The lowest BCUT2D eigenvalue weighted by Crippen LogP contribution is -2.42. The van der Waals surface area contributed by atoms with Crippen LogP contribution in [0.2, 0.25) is 0 Å². The second-order valence-electron chi connectivity index (χ2n) is 14.7. The molecule has 2 aliphatic heterocycles. The molecule has 302 valence electrons. The van der Waals surface area contributed by atoms with Gasteiger partial charge in [-0.05, 0) is 78.6 Å². The standard InChI is InChI=1S/C45H46N8O6/c1-57-45(56)51-40(32-16-7-4-8-17-32)44(55)53-25-11-19-38(53)42-48-34-23-21-30(27-36(34)50-42)13-9-12-29-20-22-33-35(26-29)49-41(47-33)37-18-10-24-52(37)43(54)39(46-28-59-58-2)31-14-5-3-6-15-31/h3-9,12,14-17,20-23,26-28,37-40H,10-11,13,18-19,24-25H2,1-2H3,(H,47,49)(H,48,50)(H,51,56)/b12-9?,46-28-/t37-,38-,39+,40+/m0/s1. The summed E-state index contributed by atoms with van der Waals surface area (Å²) in [5.74, 6) is 1.15. The molecule has 2 aromatic heterocycles. The number of aromatic nitrogens is 4. The second kappa shape index (κ2) is 17.8. The second-order valence-corrected chi connectivity index (χ2v) is 14.7. The Hall–Kier alpha value is -6.80. The molecule has 2 fully saturated rings. The number of aliphatic imine (C=N–C) groups is 1. The number of benzene rings is 4. The van der Waals surface area contributed by atoms with Gasteiger partial charge in [-0.3, -0.25) is 9.59 Å². The van der Waals surface area contributed by atoms with Gasteiger partial charge >= 0.3 is 6.09 Å². The van der Waals surface area contributed by atoms with E-state index in [1.54, 1.807) is 4.90 Å². The van der Waals surface area contributed by atoms with Crippen LogP contribution in [0.15, 0.2) is 108 Å². The Morgan fingerprint density at radius 3 is 2.15 bits per heavy atom. The van der Waals surface area contributed by atoms with Crippen molar-refractivity contribution in [3.63, 3.8) is 0 Å². The summed E-state index contributed by atoms with van der Waals surface area (Å²) in [6, 6.07) is 28.8. The van der Waals surface area contributed by atoms with Crippen LogP contribution in [0.4, 0.5) is 4.79 Å². The predicted molar refractivity (Wildman–Crippen MR) is 223 cm³/mol. The van der Waals surface area contributed by atoms with Crippen molar-refractivity contribution in [2.45, 2.75) is 56.3 Å². The van der Waals surface area contributed by atoms with Crippen molar-refractivity contribution in [3.05, 3.63) is 137 Å². The van der Waals surface area contributed by atoms with E-state index in [1.807, 2.05) is 83.8 Å². The van der Waals surface area contributed by atoms with Crippen LogP contribution in [0, 0.1) is 0 Å². The van der Waals surface area contributed by atoms with Crippen LogP contribution in [-0.2, 0) is 30.5 Å². The van der Waals surface area contributed by atoms with Crippen molar-refractivity contribution in [2.24, 2.45) is 4.99 Å². The van der Waals surface area contributed by atoms with E-state index < -0.39 is 18.2 Å². The highest BCUT2D eigenvalue weighted by atomic mass is 17.2. The monoisotopic (exact) mass is 794 g/mol. The Kier molecular flexibility index (Phi) is 11.8. The highest BCUT2D eigenvalue weighted by Crippen LogP contribution is 2.36. The molecule has 8 rings (SSSR count). The van der Waals surface area contributed by atoms with Crippen LogP contribution >= 0.6 is 0 Å². The van der Waals surface area contributed by atoms with Gasteiger partial charge in [-0.25, -0.2) is 19.8 Å². The Labute approximate surface area is 341 Å². The minimum absolute atomic E-state index is 0.124. The topological polar surface area (TPSA) is 167 Å². The summed E-state index contributed by atoms with van der Waals surface area (Å²) in [6.07, 6.45) is 8.63. The fourth-order valence-electron chi connectivity index (χ4n) is 8.11. The average molecular weight is 795 g/mol. The molecule has 59 heavy (non-hydrogen) atoms. The van der Waals surface area contributed by atoms with Crippen molar-refractivity contribution in [1.29, 1.82) is 0 Å². The van der Waals surface area contributed by atoms with Gasteiger partial charge in [-0.1, -0.05) is 84.9 Å². The van der Waals surface area contributed by atoms with E-state index >= 15 is 0 Å². The van der Waals surface area contributed by atoms with Crippen molar-refractivity contribution >= 4 is 52.5 Å². The van der Waals surface area contributed by atoms with Crippen LogP contribution < -0.4 is 5.32 Å². The first-order chi connectivity index (χ1) is 28.9. The number of aromatic amines is 2. The third-order valence-electron chi connectivity index (χ3n) is 11.0. The molecule has 3 amide bonds. The van der Waals surface area contributed by atoms with E-state index in [9.17, 15) is 14.4 Å². The molecule has 14 heteroatoms. The molecule has 0 aliphatic carbocycles. The number of carbonyl (C=O) groups is 3. The Morgan fingerprint density at radius 1 is 0.797 bits per heavy atom. The molecule has 3 N–H and O–H groups in total. The number of hydrogen-bond donors (Lipinski definition) is 3. The summed E-state index contributed by atoms with van der Waals surface area (Å²) in [7, 11) is 2.67. The molecule has 6 aromatic rings. The first-order valence-corrected chi connectivity index (χ1v) is 19.8. The highest BCUT2D eigenvalue weighted by Gasteiger charge is 2.38. The first-order valence-electron chi connectivity index (χ1n) is 19.8. The van der Waals surface area contributed by atoms with Crippen LogP contribution in [0.3, 0.4) is 0 Å². The molecule has 4 atom stereocenters. The molecule has 2 saturated heterocycles. The zero-order valence-corrected chi connectivity index (χ0v) is 32.9. The normalized spacial score (nSPS) is 17.9. The number of ether oxygens (including phenoxy) is 1. The first kappa shape index (κ1) is 39.0. The van der Waals surface area contributed by atoms with Crippen molar-refractivity contribution < 1.29 is 28.9 Å². The van der Waals surface area contributed by atoms with Crippen LogP contribution in [0.5, 0.6) is 0 Å². The molecule has 0 unspecified atom stereocenters. The fraction of sp³-hybridized carbons (Fsp3) is 0.289. The lowest BCUT2D eigenvalue weighted by molar-refractivity contribution is -0.188. The maximum Gasteiger partial charge on any atom is 0.407 e. The van der Waals surface area contributed by atoms with Crippen LogP contribution in [0.1, 0.15) is 83.8 Å². The van der Waals surface area contributed by atoms with Gasteiger partial charge in [0.25, 0.3) is 11.8 Å². The SMILES string of the molecule is COO/C=N\[C@@H](C(=O)N1CCC[C@H]1c1nc2ccc(C=CCc3ccc4[nH]c([C@@H]5CCCN5C(=O)[C@H](NC(=O)OC)c5ccccc5)nc4c3)cc2[nH]1)c1ccccc1. The van der Waals surface area contributed by atoms with Gasteiger partial charge in [0.1, 0.15) is 17.7 Å². The number of nitrogens with zero attached hydrogens (tertiary/aromatic N) is 5. The quantitative estimate of drug-likeness (QED) is 0.0469. The number of fused-ring (bicyclic) bond motifs is 2. The molecule has 0 saturated carbocycles. The third-order valence-corrected chi connectivity index (χ3v) is 11.0. The number of nitrogens with one attached hydrogen (secondary N) is 3. The zero-order chi connectivity index (χ0) is 40.7. The zero-order valence-electron chi connectivity index (χ0n) is 32.9. The van der Waals surface area contributed by atoms with Gasteiger partial charge in [0, 0.05) is 13.1 Å².